The van der Waals surface area contributed by atoms with Gasteiger partial charge < -0.3 is 5.11 Å². The summed E-state index contributed by atoms with van der Waals surface area (Å²) < 4.78 is 0. The van der Waals surface area contributed by atoms with Gasteiger partial charge in [-0.3, -0.25) is 0 Å². The van der Waals surface area contributed by atoms with Gasteiger partial charge in [-0.25, -0.2) is 0 Å². The van der Waals surface area contributed by atoms with Crippen LogP contribution in [0.3, 0.4) is 0 Å². The van der Waals surface area contributed by atoms with Crippen LogP contribution in [0.25, 0.3) is 0 Å². The molecule has 0 bridgehead atoms. The molecule has 0 fully saturated rings. The first-order valence-corrected chi connectivity index (χ1v) is 5.05. The van der Waals surface area contributed by atoms with Crippen LogP contribution in [-0.2, 0) is 6.42 Å². The Kier molecular flexibility index (Phi) is 4.26. The molecule has 1 aromatic carbocycles. The van der Waals surface area contributed by atoms with Crippen molar-refractivity contribution in [2.45, 2.75) is 19.4 Å². The maximum Gasteiger partial charge on any atom is 0.0704 e. The SMILES string of the molecule is C[C@@H](Cc1ccccc1)[C@H](O)CCl. The third-order valence-corrected chi connectivity index (χ3v) is 2.53. The van der Waals surface area contributed by atoms with Crippen LogP contribution in [0.1, 0.15) is 12.5 Å². The summed E-state index contributed by atoms with van der Waals surface area (Å²) >= 11 is 5.56. The zero-order valence-electron chi connectivity index (χ0n) is 7.78. The van der Waals surface area contributed by atoms with E-state index >= 15 is 0 Å². The molecule has 1 rings (SSSR count). The Labute approximate surface area is 84.4 Å². The van der Waals surface area contributed by atoms with Gasteiger partial charge in [0.15, 0.2) is 0 Å². The van der Waals surface area contributed by atoms with E-state index < -0.39 is 6.10 Å². The topological polar surface area (TPSA) is 20.2 Å². The molecule has 0 unspecified atom stereocenters. The van der Waals surface area contributed by atoms with Crippen molar-refractivity contribution in [3.8, 4) is 0 Å². The Morgan fingerprint density at radius 3 is 2.46 bits per heavy atom. The number of hydrogen-bond acceptors (Lipinski definition) is 1. The van der Waals surface area contributed by atoms with Crippen molar-refractivity contribution < 1.29 is 5.11 Å². The minimum absolute atomic E-state index is 0.222. The average Bonchev–Trinajstić information content (AvgIpc) is 2.18. The Morgan fingerprint density at radius 1 is 1.31 bits per heavy atom. The maximum atomic E-state index is 9.46. The average molecular weight is 199 g/mol. The molecule has 0 radical (unpaired) electrons. The summed E-state index contributed by atoms with van der Waals surface area (Å²) in [5.74, 6) is 0.536. The summed E-state index contributed by atoms with van der Waals surface area (Å²) in [7, 11) is 0. The lowest BCUT2D eigenvalue weighted by atomic mass is 9.97. The molecule has 0 aliphatic carbocycles. The first-order valence-electron chi connectivity index (χ1n) is 4.52. The van der Waals surface area contributed by atoms with E-state index in [0.717, 1.165) is 6.42 Å². The fraction of sp³-hybridized carbons (Fsp3) is 0.455. The number of aliphatic hydroxyl groups excluding tert-OH is 1. The smallest absolute Gasteiger partial charge is 0.0704 e. The van der Waals surface area contributed by atoms with Crippen molar-refractivity contribution in [3.05, 3.63) is 35.9 Å². The number of benzene rings is 1. The van der Waals surface area contributed by atoms with Crippen molar-refractivity contribution in [1.29, 1.82) is 0 Å². The predicted molar refractivity (Wildman–Crippen MR) is 56.0 cm³/mol. The lowest BCUT2D eigenvalue weighted by molar-refractivity contribution is 0.138. The minimum atomic E-state index is -0.401. The molecule has 0 aromatic heterocycles. The Balaban J connectivity index is 2.50. The van der Waals surface area contributed by atoms with Crippen molar-refractivity contribution in [1.82, 2.24) is 0 Å². The van der Waals surface area contributed by atoms with E-state index in [1.165, 1.54) is 5.56 Å². The number of rotatable bonds is 4. The summed E-state index contributed by atoms with van der Waals surface area (Å²) in [4.78, 5) is 0. The third-order valence-electron chi connectivity index (χ3n) is 2.22. The molecule has 0 aliphatic heterocycles. The minimum Gasteiger partial charge on any atom is -0.392 e. The number of hydrogen-bond donors (Lipinski definition) is 1. The molecular formula is C11H15ClO. The van der Waals surface area contributed by atoms with Gasteiger partial charge in [0, 0.05) is 5.88 Å². The molecule has 0 spiro atoms. The first kappa shape index (κ1) is 10.6. The fourth-order valence-corrected chi connectivity index (χ4v) is 1.58. The molecule has 0 aliphatic rings. The van der Waals surface area contributed by atoms with E-state index in [-0.39, 0.29) is 5.92 Å². The van der Waals surface area contributed by atoms with E-state index in [1.807, 2.05) is 25.1 Å². The number of alkyl halides is 1. The highest BCUT2D eigenvalue weighted by Gasteiger charge is 2.12. The van der Waals surface area contributed by atoms with E-state index in [4.69, 9.17) is 11.6 Å². The maximum absolute atomic E-state index is 9.46. The van der Waals surface area contributed by atoms with Gasteiger partial charge in [0.2, 0.25) is 0 Å². The molecule has 1 nitrogen and oxygen atoms in total. The quantitative estimate of drug-likeness (QED) is 0.737. The van der Waals surface area contributed by atoms with Crippen LogP contribution in [0, 0.1) is 5.92 Å². The van der Waals surface area contributed by atoms with Crippen molar-refractivity contribution in [2.24, 2.45) is 5.92 Å². The van der Waals surface area contributed by atoms with Crippen LogP contribution in [0.4, 0.5) is 0 Å². The van der Waals surface area contributed by atoms with Crippen molar-refractivity contribution >= 4 is 11.6 Å². The Hall–Kier alpha value is -0.530. The molecular weight excluding hydrogens is 184 g/mol. The van der Waals surface area contributed by atoms with E-state index in [9.17, 15) is 5.11 Å². The van der Waals surface area contributed by atoms with Crippen LogP contribution < -0.4 is 0 Å². The van der Waals surface area contributed by atoms with Crippen LogP contribution in [0.5, 0.6) is 0 Å². The third kappa shape index (κ3) is 3.37. The summed E-state index contributed by atoms with van der Waals surface area (Å²) in [5.41, 5.74) is 1.25. The summed E-state index contributed by atoms with van der Waals surface area (Å²) in [6.07, 6.45) is 0.483. The second-order valence-corrected chi connectivity index (χ2v) is 3.70. The van der Waals surface area contributed by atoms with Gasteiger partial charge in [-0.05, 0) is 17.9 Å². The molecule has 2 atom stereocenters. The van der Waals surface area contributed by atoms with Gasteiger partial charge in [0.25, 0.3) is 0 Å². The standard InChI is InChI=1S/C11H15ClO/c1-9(11(13)8-12)7-10-5-3-2-4-6-10/h2-6,9,11,13H,7-8H2,1H3/t9-,11+/m0/s1. The van der Waals surface area contributed by atoms with Crippen LogP contribution in [0.15, 0.2) is 30.3 Å². The van der Waals surface area contributed by atoms with Gasteiger partial charge in [0.05, 0.1) is 6.10 Å². The fourth-order valence-electron chi connectivity index (χ4n) is 1.27. The van der Waals surface area contributed by atoms with E-state index in [1.54, 1.807) is 0 Å². The predicted octanol–water partition coefficient (Wildman–Crippen LogP) is 2.46. The van der Waals surface area contributed by atoms with Gasteiger partial charge in [0.1, 0.15) is 0 Å². The highest BCUT2D eigenvalue weighted by molar-refractivity contribution is 6.18. The molecule has 0 heterocycles. The highest BCUT2D eigenvalue weighted by Crippen LogP contribution is 2.12. The van der Waals surface area contributed by atoms with Crippen LogP contribution in [0.2, 0.25) is 0 Å². The number of halogens is 1. The second kappa shape index (κ2) is 5.25. The highest BCUT2D eigenvalue weighted by atomic mass is 35.5. The summed E-state index contributed by atoms with van der Waals surface area (Å²) in [6.45, 7) is 2.01. The molecule has 13 heavy (non-hydrogen) atoms. The van der Waals surface area contributed by atoms with Crippen molar-refractivity contribution in [2.75, 3.05) is 5.88 Å². The largest absolute Gasteiger partial charge is 0.392 e. The molecule has 0 saturated heterocycles. The lowest BCUT2D eigenvalue weighted by Gasteiger charge is -2.15. The Morgan fingerprint density at radius 2 is 1.92 bits per heavy atom. The van der Waals surface area contributed by atoms with Crippen LogP contribution >= 0.6 is 11.6 Å². The molecule has 1 N–H and O–H groups in total. The summed E-state index contributed by atoms with van der Waals surface area (Å²) in [5, 5.41) is 9.46. The van der Waals surface area contributed by atoms with Crippen LogP contribution in [-0.4, -0.2) is 17.1 Å². The Bertz CT molecular complexity index is 235. The molecule has 2 heteroatoms. The zero-order chi connectivity index (χ0) is 9.68. The summed E-state index contributed by atoms with van der Waals surface area (Å²) in [6, 6.07) is 10.1. The van der Waals surface area contributed by atoms with Gasteiger partial charge in [-0.15, -0.1) is 11.6 Å². The van der Waals surface area contributed by atoms with Gasteiger partial charge in [-0.1, -0.05) is 37.3 Å². The molecule has 72 valence electrons. The molecule has 1 aromatic rings. The van der Waals surface area contributed by atoms with Crippen molar-refractivity contribution in [3.63, 3.8) is 0 Å². The molecule has 0 saturated carbocycles. The van der Waals surface area contributed by atoms with Gasteiger partial charge in [-0.2, -0.15) is 0 Å². The monoisotopic (exact) mass is 198 g/mol. The number of aliphatic hydroxyl groups is 1. The molecule has 0 amide bonds. The second-order valence-electron chi connectivity index (χ2n) is 3.39. The van der Waals surface area contributed by atoms with E-state index in [2.05, 4.69) is 12.1 Å². The first-order chi connectivity index (χ1) is 6.24. The van der Waals surface area contributed by atoms with Gasteiger partial charge >= 0.3 is 0 Å². The normalized spacial score (nSPS) is 15.3. The zero-order valence-corrected chi connectivity index (χ0v) is 8.54. The van der Waals surface area contributed by atoms with E-state index in [0.29, 0.717) is 5.88 Å². The lowest BCUT2D eigenvalue weighted by Crippen LogP contribution is -2.21.